The average molecular weight is 1240 g/mol. The molecule has 6 heterocycles. The second kappa shape index (κ2) is 29.7. The van der Waals surface area contributed by atoms with E-state index in [-0.39, 0.29) is 77.9 Å². The van der Waals surface area contributed by atoms with Gasteiger partial charge in [0.25, 0.3) is 11.4 Å². The number of amides is 1. The summed E-state index contributed by atoms with van der Waals surface area (Å²) in [6, 6.07) is 24.0. The van der Waals surface area contributed by atoms with Crippen LogP contribution in [0.25, 0.3) is 0 Å². The molecule has 4 N–H and O–H groups in total. The molecule has 6 aliphatic heterocycles. The zero-order valence-corrected chi connectivity index (χ0v) is 51.7. The van der Waals surface area contributed by atoms with Gasteiger partial charge >= 0.3 is 31.2 Å². The maximum absolute atomic E-state index is 13.3. The number of alkyl halides is 6. The number of carbonyl (C=O) groups excluding carboxylic acids is 2. The van der Waals surface area contributed by atoms with Crippen LogP contribution in [-0.2, 0) is 32.8 Å². The predicted octanol–water partition coefficient (Wildman–Crippen LogP) is 3.02. The number of fused-ring (bicyclic) bond motifs is 2. The zero-order chi connectivity index (χ0) is 61.6. The molecule has 472 valence electrons. The number of carbonyl (C=O) groups is 2. The Morgan fingerprint density at radius 2 is 0.908 bits per heavy atom. The molecule has 4 unspecified atom stereocenters. The van der Waals surface area contributed by atoms with E-state index in [1.54, 1.807) is 0 Å². The molecule has 4 atom stereocenters. The monoisotopic (exact) mass is 1230 g/mol. The van der Waals surface area contributed by atoms with E-state index >= 15 is 0 Å². The van der Waals surface area contributed by atoms with E-state index in [9.17, 15) is 61.3 Å². The number of likely N-dealkylation sites (tertiary alicyclic amines) is 3. The van der Waals surface area contributed by atoms with Gasteiger partial charge in [-0.05, 0) is 113 Å². The first-order valence-electron chi connectivity index (χ1n) is 29.7. The van der Waals surface area contributed by atoms with Crippen molar-refractivity contribution in [2.24, 2.45) is 23.7 Å². The van der Waals surface area contributed by atoms with E-state index < -0.39 is 50.7 Å². The SMILES string of the molecule is CC(C)(C)c1ccc(N2CC3CN(CCC(=O)N4CCC(Nc5ccc([N+](=O)[O-])c(C(F)(F)F)c5)CC4)CC3C2)cc1.CC(C)(C)c1ccc(N2CC3CN(CCC(=O)[O-])CC3C2)cc1.O=[N+]([O-])c1ccc(NC2CC[NH2+]CC2)cc1C(F)(F)F.[Cl-].[Li+]. The Morgan fingerprint density at radius 3 is 1.24 bits per heavy atom. The van der Waals surface area contributed by atoms with Gasteiger partial charge in [-0.25, -0.2) is 0 Å². The van der Waals surface area contributed by atoms with Crippen molar-refractivity contribution in [1.29, 1.82) is 0 Å². The number of anilines is 4. The number of nitrogens with two attached hydrogens (primary N) is 1. The summed E-state index contributed by atoms with van der Waals surface area (Å²) in [6.07, 6.45) is -6.02. The van der Waals surface area contributed by atoms with Gasteiger partial charge in [-0.3, -0.25) is 25.0 Å². The molecule has 10 rings (SSSR count). The summed E-state index contributed by atoms with van der Waals surface area (Å²) in [5.74, 6) is 1.73. The number of halogens is 7. The molecule has 0 saturated carbocycles. The Labute approximate surface area is 524 Å². The molecule has 0 radical (unpaired) electrons. The van der Waals surface area contributed by atoms with Crippen molar-refractivity contribution in [1.82, 2.24) is 14.7 Å². The topological polar surface area (TPSA) is 200 Å². The third kappa shape index (κ3) is 19.1. The zero-order valence-electron chi connectivity index (χ0n) is 50.9. The number of carboxylic acid groups (broad SMARTS) is 1. The normalized spacial score (nSPS) is 21.1. The van der Waals surface area contributed by atoms with Crippen molar-refractivity contribution >= 4 is 46.0 Å². The van der Waals surface area contributed by atoms with Crippen LogP contribution in [0.1, 0.15) is 102 Å². The van der Waals surface area contributed by atoms with Crippen molar-refractivity contribution in [2.45, 2.75) is 115 Å². The number of nitrogens with one attached hydrogen (secondary N) is 2. The van der Waals surface area contributed by atoms with Crippen LogP contribution in [0.2, 0.25) is 0 Å². The molecule has 6 saturated heterocycles. The maximum atomic E-state index is 13.3. The molecule has 1 amide bonds. The van der Waals surface area contributed by atoms with Gasteiger partial charge in [0.1, 0.15) is 11.1 Å². The molecule has 6 aliphatic rings. The number of piperidine rings is 2. The summed E-state index contributed by atoms with van der Waals surface area (Å²) >= 11 is 0. The molecule has 0 aliphatic carbocycles. The number of benzene rings is 4. The van der Waals surface area contributed by atoms with Crippen molar-refractivity contribution in [3.8, 4) is 0 Å². The van der Waals surface area contributed by atoms with Gasteiger partial charge in [-0.15, -0.1) is 0 Å². The molecular weight excluding hydrogens is 1150 g/mol. The number of nitro benzene ring substituents is 2. The minimum absolute atomic E-state index is 0. The smallest absolute Gasteiger partial charge is 1.00 e. The third-order valence-corrected chi connectivity index (χ3v) is 17.6. The molecule has 0 spiro atoms. The van der Waals surface area contributed by atoms with Crippen LogP contribution in [-0.4, -0.2) is 140 Å². The second-order valence-corrected chi connectivity index (χ2v) is 25.9. The Bertz CT molecular complexity index is 2930. The molecule has 4 aromatic carbocycles. The molecule has 6 fully saturated rings. The summed E-state index contributed by atoms with van der Waals surface area (Å²) < 4.78 is 78.4. The molecule has 4 aromatic rings. The number of hydrogen-bond acceptors (Lipinski definition) is 13. The molecule has 87 heavy (non-hydrogen) atoms. The Hall–Kier alpha value is -5.83. The van der Waals surface area contributed by atoms with Crippen molar-refractivity contribution in [3.63, 3.8) is 0 Å². The van der Waals surface area contributed by atoms with Gasteiger partial charge in [0.15, 0.2) is 0 Å². The van der Waals surface area contributed by atoms with Crippen molar-refractivity contribution < 1.29 is 87.5 Å². The fourth-order valence-electron chi connectivity index (χ4n) is 12.8. The van der Waals surface area contributed by atoms with E-state index in [4.69, 9.17) is 0 Å². The number of quaternary nitrogens is 1. The summed E-state index contributed by atoms with van der Waals surface area (Å²) in [5.41, 5.74) is 1.75. The third-order valence-electron chi connectivity index (χ3n) is 17.6. The average Bonchev–Trinajstić information content (AvgIpc) is 2.16. The second-order valence-electron chi connectivity index (χ2n) is 25.9. The van der Waals surface area contributed by atoms with Crippen LogP contribution in [0.15, 0.2) is 84.9 Å². The van der Waals surface area contributed by atoms with Crippen LogP contribution >= 0.6 is 0 Å². The number of nitro groups is 2. The van der Waals surface area contributed by atoms with E-state index in [2.05, 4.69) is 126 Å². The van der Waals surface area contributed by atoms with Gasteiger partial charge in [0, 0.05) is 151 Å². The molecule has 17 nitrogen and oxygen atoms in total. The maximum Gasteiger partial charge on any atom is 1.00 e. The number of rotatable bonds is 14. The van der Waals surface area contributed by atoms with E-state index in [0.29, 0.717) is 62.6 Å². The molecule has 0 bridgehead atoms. The van der Waals surface area contributed by atoms with Crippen LogP contribution in [0.3, 0.4) is 0 Å². The summed E-state index contributed by atoms with van der Waals surface area (Å²) in [5, 5.41) is 40.5. The predicted molar refractivity (Wildman–Crippen MR) is 314 cm³/mol. The van der Waals surface area contributed by atoms with Crippen molar-refractivity contribution in [2.75, 3.05) is 112 Å². The van der Waals surface area contributed by atoms with Gasteiger partial charge in [0.05, 0.1) is 22.9 Å². The Balaban J connectivity index is 0.000000227. The molecule has 25 heteroatoms. The van der Waals surface area contributed by atoms with Gasteiger partial charge in [0.2, 0.25) is 5.91 Å². The van der Waals surface area contributed by atoms with Crippen LogP contribution in [0, 0.1) is 43.9 Å². The number of hydrogen-bond donors (Lipinski definition) is 3. The van der Waals surface area contributed by atoms with Crippen LogP contribution in [0.4, 0.5) is 60.5 Å². The first-order chi connectivity index (χ1) is 40.0. The number of aliphatic carboxylic acids is 1. The van der Waals surface area contributed by atoms with Gasteiger partial charge in [-0.1, -0.05) is 65.8 Å². The molecule has 0 aromatic heterocycles. The summed E-state index contributed by atoms with van der Waals surface area (Å²) in [7, 11) is 0. The Morgan fingerprint density at radius 1 is 0.552 bits per heavy atom. The summed E-state index contributed by atoms with van der Waals surface area (Å²) in [6.45, 7) is 26.0. The van der Waals surface area contributed by atoms with E-state index in [1.807, 2.05) is 4.90 Å². The minimum atomic E-state index is -4.82. The number of carboxylic acids is 1. The van der Waals surface area contributed by atoms with E-state index in [1.165, 1.54) is 34.6 Å². The first-order valence-corrected chi connectivity index (χ1v) is 29.7. The fourth-order valence-corrected chi connectivity index (χ4v) is 12.8. The Kier molecular flexibility index (Phi) is 23.9. The first kappa shape index (κ1) is 70.3. The van der Waals surface area contributed by atoms with Crippen molar-refractivity contribution in [3.05, 3.63) is 127 Å². The standard InChI is InChI=1S/C31H40F3N5O3.C19H28N2O2.C12H14F3N3O2.ClH.Li/c1-30(2,3)23-4-7-26(8-5-23)38-19-21-17-36(18-22(21)20-38)13-12-29(40)37-14-10-24(11-15-37)35-25-6-9-28(39(41)42)27(16-25)31(32,33)34;1-19(2,3)16-4-6-17(7-5-16)21-12-14-10-20(9-8-18(22)23)11-15(14)13-21;13-12(14,15)10-7-9(1-2-11(10)18(19)20)17-8-3-5-16-6-4-8;;/h4-9,16,21-22,24,35H,10-15,17-20H2,1-3H3;4-7,14-15H,8-13H2,1-3H3,(H,22,23);1-2,7-8,16-17H,3-6H2;1H;/q;;;;+1/p-1. The molecular formula is C62H82ClF6LiN10O7. The van der Waals surface area contributed by atoms with E-state index in [0.717, 1.165) is 109 Å². The van der Waals surface area contributed by atoms with Gasteiger partial charge in [-0.2, -0.15) is 26.3 Å². The number of nitrogens with zero attached hydrogens (tertiary/aromatic N) is 7. The van der Waals surface area contributed by atoms with Crippen LogP contribution in [0.5, 0.6) is 0 Å². The largest absolute Gasteiger partial charge is 1.00 e. The summed E-state index contributed by atoms with van der Waals surface area (Å²) in [4.78, 5) is 54.7. The van der Waals surface area contributed by atoms with Crippen LogP contribution < -0.4 is 62.1 Å². The quantitative estimate of drug-likeness (QED) is 0.0722. The minimum Gasteiger partial charge on any atom is -1.00 e. The van der Waals surface area contributed by atoms with Gasteiger partial charge < -0.3 is 62.8 Å². The fraction of sp³-hybridized carbons (Fsp3) is 0.581.